The first-order valence-electron chi connectivity index (χ1n) is 10.00. The fourth-order valence-electron chi connectivity index (χ4n) is 4.41. The molecular weight excluding hydrogens is 354 g/mol. The lowest BCUT2D eigenvalue weighted by Crippen LogP contribution is -2.51. The molecule has 0 saturated carbocycles. The van der Waals surface area contributed by atoms with Gasteiger partial charge in [0.05, 0.1) is 19.3 Å². The monoisotopic (exact) mass is 383 g/mol. The van der Waals surface area contributed by atoms with Crippen molar-refractivity contribution in [3.05, 3.63) is 59.2 Å². The predicted molar refractivity (Wildman–Crippen MR) is 108 cm³/mol. The van der Waals surface area contributed by atoms with Crippen molar-refractivity contribution in [2.24, 2.45) is 0 Å². The van der Waals surface area contributed by atoms with Crippen LogP contribution in [0.5, 0.6) is 11.5 Å². The maximum atomic E-state index is 10.7. The average molecular weight is 383 g/mol. The lowest BCUT2D eigenvalue weighted by Gasteiger charge is -2.46. The highest BCUT2D eigenvalue weighted by molar-refractivity contribution is 5.41. The number of hydrogen-bond acceptors (Lipinski definition) is 5. The molecule has 4 rings (SSSR count). The highest BCUT2D eigenvalue weighted by atomic mass is 16.5. The third-order valence-corrected chi connectivity index (χ3v) is 6.09. The van der Waals surface area contributed by atoms with Crippen LogP contribution in [0.25, 0.3) is 0 Å². The molecule has 0 unspecified atom stereocenters. The highest BCUT2D eigenvalue weighted by Gasteiger charge is 2.43. The third-order valence-electron chi connectivity index (χ3n) is 6.09. The maximum Gasteiger partial charge on any atom is 0.125 e. The van der Waals surface area contributed by atoms with Gasteiger partial charge in [-0.2, -0.15) is 0 Å². The van der Waals surface area contributed by atoms with E-state index < -0.39 is 12.2 Å². The molecule has 2 aromatic carbocycles. The highest BCUT2D eigenvalue weighted by Crippen LogP contribution is 2.44. The molecule has 5 heteroatoms. The lowest BCUT2D eigenvalue weighted by atomic mass is 9.81. The largest absolute Gasteiger partial charge is 0.497 e. The molecule has 2 aliphatic rings. The minimum atomic E-state index is -0.550. The van der Waals surface area contributed by atoms with E-state index in [0.717, 1.165) is 54.1 Å². The molecular formula is C23H29NO4. The van der Waals surface area contributed by atoms with E-state index in [2.05, 4.69) is 4.90 Å². The van der Waals surface area contributed by atoms with Gasteiger partial charge in [0.1, 0.15) is 17.1 Å². The zero-order valence-corrected chi connectivity index (χ0v) is 16.6. The van der Waals surface area contributed by atoms with Gasteiger partial charge in [-0.15, -0.1) is 0 Å². The summed E-state index contributed by atoms with van der Waals surface area (Å²) in [5, 5.41) is 21.3. The van der Waals surface area contributed by atoms with Crippen molar-refractivity contribution < 1.29 is 19.7 Å². The van der Waals surface area contributed by atoms with Crippen molar-refractivity contribution in [2.75, 3.05) is 26.7 Å². The number of likely N-dealkylation sites (tertiary alicyclic amines) is 1. The molecule has 150 valence electrons. The molecule has 0 aromatic heterocycles. The van der Waals surface area contributed by atoms with Gasteiger partial charge < -0.3 is 24.6 Å². The summed E-state index contributed by atoms with van der Waals surface area (Å²) in [4.78, 5) is 2.27. The Hall–Kier alpha value is -2.08. The van der Waals surface area contributed by atoms with Crippen LogP contribution in [-0.4, -0.2) is 47.5 Å². The first kappa shape index (κ1) is 19.2. The molecule has 2 atom stereocenters. The van der Waals surface area contributed by atoms with Gasteiger partial charge in [0, 0.05) is 31.6 Å². The molecule has 2 aromatic rings. The molecule has 0 aliphatic carbocycles. The maximum absolute atomic E-state index is 10.7. The van der Waals surface area contributed by atoms with E-state index in [1.165, 1.54) is 0 Å². The molecule has 1 spiro atoms. The van der Waals surface area contributed by atoms with Crippen molar-refractivity contribution in [3.8, 4) is 11.5 Å². The van der Waals surface area contributed by atoms with Gasteiger partial charge in [-0.25, -0.2) is 0 Å². The van der Waals surface area contributed by atoms with Crippen molar-refractivity contribution >= 4 is 0 Å². The number of fused-ring (bicyclic) bond motifs is 1. The summed E-state index contributed by atoms with van der Waals surface area (Å²) in [5.41, 5.74) is 2.60. The topological polar surface area (TPSA) is 62.2 Å². The Balaban J connectivity index is 1.38. The Morgan fingerprint density at radius 1 is 1.21 bits per heavy atom. The van der Waals surface area contributed by atoms with Crippen molar-refractivity contribution in [1.29, 1.82) is 0 Å². The van der Waals surface area contributed by atoms with Crippen molar-refractivity contribution in [3.63, 3.8) is 0 Å². The van der Waals surface area contributed by atoms with Gasteiger partial charge >= 0.3 is 0 Å². The Morgan fingerprint density at radius 2 is 2.00 bits per heavy atom. The lowest BCUT2D eigenvalue weighted by molar-refractivity contribution is -0.0588. The molecule has 1 saturated heterocycles. The van der Waals surface area contributed by atoms with Crippen molar-refractivity contribution in [1.82, 2.24) is 4.90 Å². The molecule has 0 amide bonds. The van der Waals surface area contributed by atoms with Gasteiger partial charge in [0.25, 0.3) is 0 Å². The number of aliphatic hydroxyl groups excluding tert-OH is 2. The number of hydrogen-bond donors (Lipinski definition) is 2. The number of aryl methyl sites for hydroxylation is 1. The van der Waals surface area contributed by atoms with Gasteiger partial charge in [-0.05, 0) is 49.6 Å². The second-order valence-corrected chi connectivity index (χ2v) is 8.14. The summed E-state index contributed by atoms with van der Waals surface area (Å²) in [6.07, 6.45) is 1.31. The average Bonchev–Trinajstić information content (AvgIpc) is 2.70. The summed E-state index contributed by atoms with van der Waals surface area (Å²) < 4.78 is 11.6. The second-order valence-electron chi connectivity index (χ2n) is 8.14. The number of nitrogens with zero attached hydrogens (tertiary/aromatic N) is 1. The van der Waals surface area contributed by atoms with Crippen LogP contribution in [0.3, 0.4) is 0 Å². The second kappa shape index (κ2) is 7.74. The number of rotatable bonds is 4. The van der Waals surface area contributed by atoms with Crippen LogP contribution < -0.4 is 9.47 Å². The molecule has 2 heterocycles. The van der Waals surface area contributed by atoms with Crippen LogP contribution in [0.2, 0.25) is 0 Å². The summed E-state index contributed by atoms with van der Waals surface area (Å²) >= 11 is 0. The quantitative estimate of drug-likeness (QED) is 0.847. The van der Waals surface area contributed by atoms with E-state index in [0.29, 0.717) is 13.0 Å². The first-order valence-corrected chi connectivity index (χ1v) is 10.00. The smallest absolute Gasteiger partial charge is 0.125 e. The Kier molecular flexibility index (Phi) is 5.32. The minimum absolute atomic E-state index is 0.306. The van der Waals surface area contributed by atoms with E-state index in [1.54, 1.807) is 7.11 Å². The van der Waals surface area contributed by atoms with Crippen LogP contribution in [0.1, 0.15) is 48.2 Å². The van der Waals surface area contributed by atoms with E-state index in [-0.39, 0.29) is 5.60 Å². The Bertz CT molecular complexity index is 829. The number of β-amino-alcohol motifs (C(OH)–C–C–N with tert-alkyl or cyclic N) is 1. The molecule has 0 radical (unpaired) electrons. The summed E-state index contributed by atoms with van der Waals surface area (Å²) in [6, 6.07) is 13.6. The number of benzene rings is 2. The molecule has 2 aliphatic heterocycles. The van der Waals surface area contributed by atoms with Gasteiger partial charge in [-0.1, -0.05) is 23.8 Å². The van der Waals surface area contributed by atoms with E-state index in [9.17, 15) is 10.2 Å². The first-order chi connectivity index (χ1) is 13.5. The van der Waals surface area contributed by atoms with Gasteiger partial charge in [-0.3, -0.25) is 0 Å². The molecule has 0 bridgehead atoms. The molecule has 28 heavy (non-hydrogen) atoms. The van der Waals surface area contributed by atoms with E-state index in [1.807, 2.05) is 49.4 Å². The number of piperidine rings is 1. The van der Waals surface area contributed by atoms with Crippen molar-refractivity contribution in [2.45, 2.75) is 44.0 Å². The molecule has 2 N–H and O–H groups in total. The van der Waals surface area contributed by atoms with Crippen LogP contribution in [0, 0.1) is 6.92 Å². The minimum Gasteiger partial charge on any atom is -0.497 e. The van der Waals surface area contributed by atoms with E-state index in [4.69, 9.17) is 9.47 Å². The normalized spacial score (nSPS) is 22.4. The predicted octanol–water partition coefficient (Wildman–Crippen LogP) is 3.39. The SMILES string of the molecule is COc1cccc([C@@H](O)CN2CCC3(CC2)C[C@@H](O)c2cc(C)ccc2O3)c1. The molecule has 5 nitrogen and oxygen atoms in total. The Labute approximate surface area is 166 Å². The van der Waals surface area contributed by atoms with Gasteiger partial charge in [0.15, 0.2) is 0 Å². The number of methoxy groups -OCH3 is 1. The van der Waals surface area contributed by atoms with Crippen LogP contribution >= 0.6 is 0 Å². The number of aliphatic hydroxyl groups is 2. The standard InChI is InChI=1S/C23H29NO4/c1-16-6-7-22-19(12-16)20(25)14-23(28-22)8-10-24(11-9-23)15-21(26)17-4-3-5-18(13-17)27-2/h3-7,12-13,20-21,25-26H,8-11,14-15H2,1-2H3/t20-,21+/m1/s1. The van der Waals surface area contributed by atoms with Gasteiger partial charge in [0.2, 0.25) is 0 Å². The van der Waals surface area contributed by atoms with Crippen LogP contribution in [-0.2, 0) is 0 Å². The van der Waals surface area contributed by atoms with Crippen LogP contribution in [0.15, 0.2) is 42.5 Å². The number of ether oxygens (including phenoxy) is 2. The van der Waals surface area contributed by atoms with Crippen LogP contribution in [0.4, 0.5) is 0 Å². The summed E-state index contributed by atoms with van der Waals surface area (Å²) in [5.74, 6) is 1.57. The fraction of sp³-hybridized carbons (Fsp3) is 0.478. The zero-order chi connectivity index (χ0) is 19.7. The van der Waals surface area contributed by atoms with E-state index >= 15 is 0 Å². The summed E-state index contributed by atoms with van der Waals surface area (Å²) in [6.45, 7) is 4.30. The fourth-order valence-corrected chi connectivity index (χ4v) is 4.41. The Morgan fingerprint density at radius 3 is 2.75 bits per heavy atom. The third kappa shape index (κ3) is 3.88. The molecule has 1 fully saturated rings. The summed E-state index contributed by atoms with van der Waals surface area (Å²) in [7, 11) is 1.63. The zero-order valence-electron chi connectivity index (χ0n) is 16.6.